The lowest BCUT2D eigenvalue weighted by molar-refractivity contribution is -0.112. The van der Waals surface area contributed by atoms with Crippen LogP contribution in [0.3, 0.4) is 0 Å². The zero-order valence-corrected chi connectivity index (χ0v) is 9.39. The third kappa shape index (κ3) is 2.24. The van der Waals surface area contributed by atoms with E-state index in [0.717, 1.165) is 0 Å². The molecule has 6 heteroatoms. The largest absolute Gasteiger partial charge is 0.294 e. The minimum Gasteiger partial charge on any atom is -0.282 e. The molecule has 1 aliphatic rings. The van der Waals surface area contributed by atoms with E-state index in [2.05, 4.69) is 0 Å². The number of benzene rings is 1. The SMILES string of the molecule is CN1C=CC(c2cccc(S(=O)(=O)O)c2)O1. The van der Waals surface area contributed by atoms with Gasteiger partial charge >= 0.3 is 0 Å². The smallest absolute Gasteiger partial charge is 0.282 e. The van der Waals surface area contributed by atoms with Crippen LogP contribution in [0.4, 0.5) is 0 Å². The molecule has 1 atom stereocenters. The van der Waals surface area contributed by atoms with Crippen LogP contribution in [0.15, 0.2) is 41.4 Å². The van der Waals surface area contributed by atoms with Gasteiger partial charge in [0.05, 0.1) is 4.90 Å². The van der Waals surface area contributed by atoms with Gasteiger partial charge in [0.2, 0.25) is 0 Å². The van der Waals surface area contributed by atoms with Gasteiger partial charge in [0.1, 0.15) is 6.10 Å². The fraction of sp³-hybridized carbons (Fsp3) is 0.200. The van der Waals surface area contributed by atoms with Crippen molar-refractivity contribution in [3.05, 3.63) is 42.1 Å². The van der Waals surface area contributed by atoms with Gasteiger partial charge in [0, 0.05) is 13.2 Å². The van der Waals surface area contributed by atoms with Crippen LogP contribution in [0, 0.1) is 0 Å². The van der Waals surface area contributed by atoms with Crippen molar-refractivity contribution < 1.29 is 17.8 Å². The summed E-state index contributed by atoms with van der Waals surface area (Å²) in [5.74, 6) is 0. The number of rotatable bonds is 2. The Bertz CT molecular complexity index is 523. The molecule has 16 heavy (non-hydrogen) atoms. The molecule has 1 aromatic rings. The molecule has 2 rings (SSSR count). The van der Waals surface area contributed by atoms with Crippen molar-refractivity contribution in [2.24, 2.45) is 0 Å². The standard InChI is InChI=1S/C10H11NO4S/c1-11-6-5-10(15-11)8-3-2-4-9(7-8)16(12,13)14/h2-7,10H,1H3,(H,12,13,14). The van der Waals surface area contributed by atoms with Crippen molar-refractivity contribution in [3.8, 4) is 0 Å². The summed E-state index contributed by atoms with van der Waals surface area (Å²) in [6.07, 6.45) is 3.22. The fourth-order valence-electron chi connectivity index (χ4n) is 1.47. The Balaban J connectivity index is 2.34. The topological polar surface area (TPSA) is 66.8 Å². The van der Waals surface area contributed by atoms with E-state index in [-0.39, 0.29) is 11.0 Å². The predicted molar refractivity (Wildman–Crippen MR) is 57.0 cm³/mol. The fourth-order valence-corrected chi connectivity index (χ4v) is 2.01. The Labute approximate surface area is 93.7 Å². The highest BCUT2D eigenvalue weighted by molar-refractivity contribution is 7.85. The molecule has 1 aromatic carbocycles. The molecule has 0 amide bonds. The van der Waals surface area contributed by atoms with E-state index in [9.17, 15) is 8.42 Å². The summed E-state index contributed by atoms with van der Waals surface area (Å²) in [6.45, 7) is 0. The van der Waals surface area contributed by atoms with Crippen LogP contribution in [-0.4, -0.2) is 25.1 Å². The average molecular weight is 241 g/mol. The van der Waals surface area contributed by atoms with E-state index in [1.807, 2.05) is 0 Å². The van der Waals surface area contributed by atoms with Gasteiger partial charge < -0.3 is 0 Å². The van der Waals surface area contributed by atoms with Crippen LogP contribution in [0.2, 0.25) is 0 Å². The van der Waals surface area contributed by atoms with E-state index < -0.39 is 10.1 Å². The summed E-state index contributed by atoms with van der Waals surface area (Å²) in [4.78, 5) is 5.23. The Morgan fingerprint density at radius 1 is 1.44 bits per heavy atom. The van der Waals surface area contributed by atoms with Crippen LogP contribution in [-0.2, 0) is 15.0 Å². The molecule has 5 nitrogen and oxygen atoms in total. The first-order valence-electron chi connectivity index (χ1n) is 4.62. The number of hydrogen-bond donors (Lipinski definition) is 1. The van der Waals surface area contributed by atoms with E-state index in [0.29, 0.717) is 5.56 Å². The van der Waals surface area contributed by atoms with Crippen molar-refractivity contribution >= 4 is 10.1 Å². The quantitative estimate of drug-likeness (QED) is 0.792. The second-order valence-electron chi connectivity index (χ2n) is 3.46. The zero-order chi connectivity index (χ0) is 11.8. The molecule has 0 spiro atoms. The molecule has 1 N–H and O–H groups in total. The molecule has 1 unspecified atom stereocenters. The van der Waals surface area contributed by atoms with Gasteiger partial charge in [-0.25, -0.2) is 0 Å². The van der Waals surface area contributed by atoms with E-state index in [1.165, 1.54) is 17.2 Å². The van der Waals surface area contributed by atoms with Gasteiger partial charge in [-0.2, -0.15) is 8.42 Å². The summed E-state index contributed by atoms with van der Waals surface area (Å²) < 4.78 is 30.8. The Hall–Kier alpha value is -1.37. The van der Waals surface area contributed by atoms with Gasteiger partial charge in [-0.05, 0) is 23.8 Å². The molecule has 1 aliphatic heterocycles. The van der Waals surface area contributed by atoms with Crippen LogP contribution in [0.25, 0.3) is 0 Å². The normalized spacial score (nSPS) is 20.4. The summed E-state index contributed by atoms with van der Waals surface area (Å²) in [7, 11) is -2.42. The molecule has 0 aliphatic carbocycles. The lowest BCUT2D eigenvalue weighted by Crippen LogP contribution is -2.08. The summed E-state index contributed by atoms with van der Waals surface area (Å²) in [5, 5.41) is 1.53. The first kappa shape index (κ1) is 11.1. The minimum absolute atomic E-state index is 0.128. The summed E-state index contributed by atoms with van der Waals surface area (Å²) in [6, 6.07) is 6.03. The molecule has 0 saturated heterocycles. The molecule has 0 bridgehead atoms. The van der Waals surface area contributed by atoms with Gasteiger partial charge in [-0.15, -0.1) is 0 Å². The number of hydrogen-bond acceptors (Lipinski definition) is 4. The third-order valence-electron chi connectivity index (χ3n) is 2.24. The highest BCUT2D eigenvalue weighted by Gasteiger charge is 2.18. The van der Waals surface area contributed by atoms with Crippen molar-refractivity contribution in [2.45, 2.75) is 11.0 Å². The third-order valence-corrected chi connectivity index (χ3v) is 3.08. The van der Waals surface area contributed by atoms with Crippen LogP contribution in [0.1, 0.15) is 11.7 Å². The minimum atomic E-state index is -4.16. The van der Waals surface area contributed by atoms with E-state index in [4.69, 9.17) is 9.39 Å². The van der Waals surface area contributed by atoms with Crippen molar-refractivity contribution in [2.75, 3.05) is 7.05 Å². The van der Waals surface area contributed by atoms with Crippen molar-refractivity contribution in [1.82, 2.24) is 5.06 Å². The summed E-state index contributed by atoms with van der Waals surface area (Å²) >= 11 is 0. The maximum absolute atomic E-state index is 11.0. The van der Waals surface area contributed by atoms with Gasteiger partial charge in [0.15, 0.2) is 0 Å². The molecule has 86 valence electrons. The zero-order valence-electron chi connectivity index (χ0n) is 8.57. The highest BCUT2D eigenvalue weighted by Crippen LogP contribution is 2.26. The molecule has 0 aromatic heterocycles. The van der Waals surface area contributed by atoms with Crippen LogP contribution in [0.5, 0.6) is 0 Å². The Morgan fingerprint density at radius 2 is 2.19 bits per heavy atom. The molecule has 1 heterocycles. The van der Waals surface area contributed by atoms with Gasteiger partial charge in [0.25, 0.3) is 10.1 Å². The van der Waals surface area contributed by atoms with Gasteiger partial charge in [-0.3, -0.25) is 14.5 Å². The van der Waals surface area contributed by atoms with E-state index in [1.54, 1.807) is 31.5 Å². The molecule has 0 saturated carbocycles. The number of hydroxylamine groups is 2. The highest BCUT2D eigenvalue weighted by atomic mass is 32.2. The second-order valence-corrected chi connectivity index (χ2v) is 4.88. The monoisotopic (exact) mass is 241 g/mol. The van der Waals surface area contributed by atoms with Crippen molar-refractivity contribution in [3.63, 3.8) is 0 Å². The second kappa shape index (κ2) is 3.89. The van der Waals surface area contributed by atoms with Crippen LogP contribution < -0.4 is 0 Å². The lowest BCUT2D eigenvalue weighted by atomic mass is 10.1. The molecule has 0 radical (unpaired) electrons. The van der Waals surface area contributed by atoms with Crippen LogP contribution >= 0.6 is 0 Å². The summed E-state index contributed by atoms with van der Waals surface area (Å²) in [5.41, 5.74) is 0.677. The first-order chi connectivity index (χ1) is 7.47. The number of nitrogens with zero attached hydrogens (tertiary/aromatic N) is 1. The first-order valence-corrected chi connectivity index (χ1v) is 6.06. The Morgan fingerprint density at radius 3 is 2.75 bits per heavy atom. The lowest BCUT2D eigenvalue weighted by Gasteiger charge is -2.13. The maximum atomic E-state index is 11.0. The molecule has 0 fully saturated rings. The molecular weight excluding hydrogens is 230 g/mol. The van der Waals surface area contributed by atoms with Crippen molar-refractivity contribution in [1.29, 1.82) is 0 Å². The maximum Gasteiger partial charge on any atom is 0.294 e. The van der Waals surface area contributed by atoms with Gasteiger partial charge in [-0.1, -0.05) is 12.1 Å². The van der Waals surface area contributed by atoms with E-state index >= 15 is 0 Å². The average Bonchev–Trinajstić information content (AvgIpc) is 2.64. The predicted octanol–water partition coefficient (Wildman–Crippen LogP) is 1.37. The Kier molecular flexibility index (Phi) is 2.71. The molecular formula is C10H11NO4S.